The summed E-state index contributed by atoms with van der Waals surface area (Å²) < 4.78 is 20.5. The van der Waals surface area contributed by atoms with E-state index in [-0.39, 0.29) is 11.7 Å². The van der Waals surface area contributed by atoms with Gasteiger partial charge in [0.1, 0.15) is 11.4 Å². The van der Waals surface area contributed by atoms with Gasteiger partial charge in [-0.3, -0.25) is 0 Å². The zero-order valence-corrected chi connectivity index (χ0v) is 15.8. The molecule has 0 unspecified atom stereocenters. The first-order valence-electron chi connectivity index (χ1n) is 9.95. The Labute approximate surface area is 169 Å². The van der Waals surface area contributed by atoms with E-state index in [1.54, 1.807) is 12.1 Å². The lowest BCUT2D eigenvalue weighted by molar-refractivity contribution is -0.0184. The van der Waals surface area contributed by atoms with E-state index in [0.29, 0.717) is 6.61 Å². The van der Waals surface area contributed by atoms with Crippen molar-refractivity contribution in [1.29, 1.82) is 0 Å². The third-order valence-corrected chi connectivity index (χ3v) is 6.35. The standard InChI is InChI=1S/C27H19FO/c28-21-15-13-18(14-16-21)25-23-11-5-4-10-22(23)24-12-6-7-19-17-29-27(25,26(19)24)20-8-2-1-3-9-20/h1-16,25H,17H2/t25-,27-/m1/s1. The van der Waals surface area contributed by atoms with Gasteiger partial charge in [-0.05, 0) is 45.5 Å². The zero-order valence-electron chi connectivity index (χ0n) is 15.8. The molecule has 0 radical (unpaired) electrons. The Balaban J connectivity index is 1.75. The number of hydrogen-bond acceptors (Lipinski definition) is 1. The van der Waals surface area contributed by atoms with Crippen molar-refractivity contribution >= 4 is 0 Å². The second-order valence-corrected chi connectivity index (χ2v) is 7.80. The van der Waals surface area contributed by atoms with E-state index in [1.807, 2.05) is 18.2 Å². The molecule has 2 heteroatoms. The molecule has 0 N–H and O–H groups in total. The van der Waals surface area contributed by atoms with Gasteiger partial charge in [0.25, 0.3) is 0 Å². The molecule has 0 saturated carbocycles. The molecule has 1 nitrogen and oxygen atoms in total. The van der Waals surface area contributed by atoms with Crippen LogP contribution in [0.25, 0.3) is 11.1 Å². The first-order chi connectivity index (χ1) is 14.3. The summed E-state index contributed by atoms with van der Waals surface area (Å²) in [6.07, 6.45) is 0. The number of benzene rings is 4. The highest BCUT2D eigenvalue weighted by molar-refractivity contribution is 5.80. The highest BCUT2D eigenvalue weighted by Gasteiger charge is 2.53. The fourth-order valence-corrected chi connectivity index (χ4v) is 5.24. The normalized spacial score (nSPS) is 21.5. The van der Waals surface area contributed by atoms with Crippen LogP contribution in [-0.4, -0.2) is 0 Å². The summed E-state index contributed by atoms with van der Waals surface area (Å²) in [5, 5.41) is 0. The van der Waals surface area contributed by atoms with Crippen LogP contribution in [0.15, 0.2) is 97.1 Å². The van der Waals surface area contributed by atoms with Crippen LogP contribution < -0.4 is 0 Å². The number of fused-ring (bicyclic) bond motifs is 2. The highest BCUT2D eigenvalue weighted by atomic mass is 19.1. The molecule has 6 rings (SSSR count). The monoisotopic (exact) mass is 378 g/mol. The first kappa shape index (κ1) is 16.7. The maximum absolute atomic E-state index is 13.8. The van der Waals surface area contributed by atoms with Crippen molar-refractivity contribution in [3.05, 3.63) is 131 Å². The number of hydrogen-bond donors (Lipinski definition) is 0. The maximum atomic E-state index is 13.8. The fraction of sp³-hybridized carbons (Fsp3) is 0.111. The Kier molecular flexibility index (Phi) is 3.53. The van der Waals surface area contributed by atoms with E-state index in [2.05, 4.69) is 66.7 Å². The van der Waals surface area contributed by atoms with Crippen LogP contribution in [0.5, 0.6) is 0 Å². The van der Waals surface area contributed by atoms with Gasteiger partial charge in [0, 0.05) is 11.5 Å². The van der Waals surface area contributed by atoms with Gasteiger partial charge >= 0.3 is 0 Å². The molecule has 2 aliphatic rings. The Morgan fingerprint density at radius 3 is 2.28 bits per heavy atom. The molecule has 4 aromatic carbocycles. The Bertz CT molecular complexity index is 1210. The summed E-state index contributed by atoms with van der Waals surface area (Å²) in [5.74, 6) is -0.280. The molecule has 1 aliphatic heterocycles. The minimum Gasteiger partial charge on any atom is -0.360 e. The molecular weight excluding hydrogens is 359 g/mol. The Hall–Kier alpha value is -3.23. The third-order valence-electron chi connectivity index (χ3n) is 6.35. The smallest absolute Gasteiger partial charge is 0.130 e. The minimum atomic E-state index is -0.626. The average molecular weight is 378 g/mol. The molecule has 0 spiro atoms. The Morgan fingerprint density at radius 2 is 1.45 bits per heavy atom. The lowest BCUT2D eigenvalue weighted by atomic mass is 9.63. The van der Waals surface area contributed by atoms with Gasteiger partial charge in [0.2, 0.25) is 0 Å². The molecular formula is C27H19FO. The largest absolute Gasteiger partial charge is 0.360 e. The van der Waals surface area contributed by atoms with Gasteiger partial charge in [0.15, 0.2) is 0 Å². The summed E-state index contributed by atoms with van der Waals surface area (Å²) in [4.78, 5) is 0. The van der Waals surface area contributed by atoms with E-state index in [0.717, 1.165) is 11.1 Å². The summed E-state index contributed by atoms with van der Waals surface area (Å²) in [7, 11) is 0. The van der Waals surface area contributed by atoms with Crippen LogP contribution in [0.1, 0.15) is 33.7 Å². The number of ether oxygens (including phenoxy) is 1. The highest BCUT2D eigenvalue weighted by Crippen LogP contribution is 2.60. The molecule has 0 aromatic heterocycles. The lowest BCUT2D eigenvalue weighted by Crippen LogP contribution is -2.38. The van der Waals surface area contributed by atoms with E-state index in [1.165, 1.54) is 27.8 Å². The van der Waals surface area contributed by atoms with Crippen LogP contribution in [0, 0.1) is 5.82 Å². The van der Waals surface area contributed by atoms with E-state index >= 15 is 0 Å². The molecule has 0 fully saturated rings. The van der Waals surface area contributed by atoms with Crippen molar-refractivity contribution < 1.29 is 9.13 Å². The first-order valence-corrected chi connectivity index (χ1v) is 9.95. The predicted molar refractivity (Wildman–Crippen MR) is 112 cm³/mol. The van der Waals surface area contributed by atoms with Gasteiger partial charge in [-0.15, -0.1) is 0 Å². The van der Waals surface area contributed by atoms with Gasteiger partial charge in [0.05, 0.1) is 6.61 Å². The summed E-state index contributed by atoms with van der Waals surface area (Å²) >= 11 is 0. The van der Waals surface area contributed by atoms with Crippen LogP contribution >= 0.6 is 0 Å². The van der Waals surface area contributed by atoms with Crippen LogP contribution in [-0.2, 0) is 16.9 Å². The van der Waals surface area contributed by atoms with Crippen LogP contribution in [0.4, 0.5) is 4.39 Å². The van der Waals surface area contributed by atoms with Crippen molar-refractivity contribution in [3.8, 4) is 11.1 Å². The second kappa shape index (κ2) is 6.13. The molecule has 0 saturated heterocycles. The number of rotatable bonds is 2. The molecule has 2 atom stereocenters. The van der Waals surface area contributed by atoms with E-state index < -0.39 is 5.60 Å². The molecule has 140 valence electrons. The molecule has 1 aliphatic carbocycles. The third kappa shape index (κ3) is 2.24. The molecule has 29 heavy (non-hydrogen) atoms. The zero-order chi connectivity index (χ0) is 19.4. The Morgan fingerprint density at radius 1 is 0.724 bits per heavy atom. The molecule has 0 amide bonds. The van der Waals surface area contributed by atoms with Crippen molar-refractivity contribution in [3.63, 3.8) is 0 Å². The van der Waals surface area contributed by atoms with Crippen molar-refractivity contribution in [2.45, 2.75) is 18.1 Å². The SMILES string of the molecule is Fc1ccc([C@@H]2c3ccccc3-c3cccc4c3[C@]2(c2ccccc2)OC4)cc1. The quantitative estimate of drug-likeness (QED) is 0.391. The molecule has 0 bridgehead atoms. The number of halogens is 1. The summed E-state index contributed by atoms with van der Waals surface area (Å²) in [5.41, 5.74) is 7.73. The second-order valence-electron chi connectivity index (χ2n) is 7.80. The minimum absolute atomic E-state index is 0.0575. The van der Waals surface area contributed by atoms with E-state index in [9.17, 15) is 4.39 Å². The van der Waals surface area contributed by atoms with Gasteiger partial charge in [-0.2, -0.15) is 0 Å². The summed E-state index contributed by atoms with van der Waals surface area (Å²) in [6.45, 7) is 0.573. The van der Waals surface area contributed by atoms with Crippen molar-refractivity contribution in [2.75, 3.05) is 0 Å². The lowest BCUT2D eigenvalue weighted by Gasteiger charge is -2.44. The molecule has 4 aromatic rings. The maximum Gasteiger partial charge on any atom is 0.130 e. The van der Waals surface area contributed by atoms with Crippen molar-refractivity contribution in [1.82, 2.24) is 0 Å². The predicted octanol–water partition coefficient (Wildman–Crippen LogP) is 6.41. The van der Waals surface area contributed by atoms with Crippen LogP contribution in [0.2, 0.25) is 0 Å². The topological polar surface area (TPSA) is 9.23 Å². The fourth-order valence-electron chi connectivity index (χ4n) is 5.24. The van der Waals surface area contributed by atoms with Crippen LogP contribution in [0.3, 0.4) is 0 Å². The van der Waals surface area contributed by atoms with Gasteiger partial charge < -0.3 is 4.74 Å². The van der Waals surface area contributed by atoms with Crippen molar-refractivity contribution in [2.24, 2.45) is 0 Å². The summed E-state index contributed by atoms with van der Waals surface area (Å²) in [6, 6.07) is 32.4. The van der Waals surface area contributed by atoms with E-state index in [4.69, 9.17) is 4.74 Å². The molecule has 1 heterocycles. The average Bonchev–Trinajstić information content (AvgIpc) is 3.17. The van der Waals surface area contributed by atoms with Gasteiger partial charge in [-0.25, -0.2) is 4.39 Å². The van der Waals surface area contributed by atoms with Gasteiger partial charge in [-0.1, -0.05) is 84.9 Å².